The Balaban J connectivity index is 2.77. The molecule has 0 amide bonds. The molecule has 2 aromatic rings. The highest BCUT2D eigenvalue weighted by Gasteiger charge is 1.99. The number of anilines is 1. The second-order valence-corrected chi connectivity index (χ2v) is 3.60. The Hall–Kier alpha value is -1.02. The molecule has 0 fully saturated rings. The monoisotopic (exact) mass is 235 g/mol. The molecule has 0 heterocycles. The zero-order valence-electron chi connectivity index (χ0n) is 7.13. The number of alkyl halides is 1. The number of fused-ring (bicyclic) bond motifs is 1. The molecule has 2 aromatic carbocycles. The molecular weight excluding hydrogens is 226 g/mol. The number of hydrogen-bond acceptors (Lipinski definition) is 1. The number of halogens is 1. The Morgan fingerprint density at radius 1 is 1.15 bits per heavy atom. The van der Waals surface area contributed by atoms with Crippen molar-refractivity contribution in [2.75, 3.05) is 5.73 Å². The smallest absolute Gasteiger partial charge is 0.0396 e. The highest BCUT2D eigenvalue weighted by Crippen LogP contribution is 2.23. The van der Waals surface area contributed by atoms with E-state index in [2.05, 4.69) is 28.1 Å². The molecule has 0 saturated carbocycles. The molecule has 0 aliphatic heterocycles. The van der Waals surface area contributed by atoms with E-state index in [1.54, 1.807) is 0 Å². The topological polar surface area (TPSA) is 26.0 Å². The van der Waals surface area contributed by atoms with E-state index in [1.807, 2.05) is 24.3 Å². The van der Waals surface area contributed by atoms with Gasteiger partial charge in [-0.2, -0.15) is 0 Å². The molecule has 0 radical (unpaired) electrons. The molecule has 2 heteroatoms. The van der Waals surface area contributed by atoms with Crippen molar-refractivity contribution in [3.05, 3.63) is 42.0 Å². The third-order valence-electron chi connectivity index (χ3n) is 2.11. The summed E-state index contributed by atoms with van der Waals surface area (Å²) in [6, 6.07) is 12.3. The minimum Gasteiger partial charge on any atom is -0.398 e. The summed E-state index contributed by atoms with van der Waals surface area (Å²) in [5.41, 5.74) is 7.98. The van der Waals surface area contributed by atoms with Gasteiger partial charge >= 0.3 is 0 Å². The molecule has 66 valence electrons. The number of benzene rings is 2. The average Bonchev–Trinajstić information content (AvgIpc) is 2.18. The lowest BCUT2D eigenvalue weighted by Gasteiger charge is -2.04. The standard InChI is InChI=1S/C11H10BrN/c12-7-8-5-9-3-1-2-4-10(9)11(13)6-8/h1-6H,7,13H2. The van der Waals surface area contributed by atoms with Gasteiger partial charge in [0.15, 0.2) is 0 Å². The van der Waals surface area contributed by atoms with E-state index in [-0.39, 0.29) is 0 Å². The van der Waals surface area contributed by atoms with Crippen LogP contribution in [-0.2, 0) is 5.33 Å². The van der Waals surface area contributed by atoms with Crippen LogP contribution >= 0.6 is 15.9 Å². The maximum absolute atomic E-state index is 5.91. The minimum atomic E-state index is 0.849. The summed E-state index contributed by atoms with van der Waals surface area (Å²) in [5, 5.41) is 3.19. The predicted molar refractivity (Wildman–Crippen MR) is 61.0 cm³/mol. The van der Waals surface area contributed by atoms with Gasteiger partial charge in [0.25, 0.3) is 0 Å². The Morgan fingerprint density at radius 3 is 2.69 bits per heavy atom. The molecule has 0 aliphatic rings. The van der Waals surface area contributed by atoms with Crippen LogP contribution in [0.5, 0.6) is 0 Å². The minimum absolute atomic E-state index is 0.849. The fourth-order valence-corrected chi connectivity index (χ4v) is 1.81. The normalized spacial score (nSPS) is 10.5. The molecule has 0 atom stereocenters. The van der Waals surface area contributed by atoms with Gasteiger partial charge in [-0.05, 0) is 17.0 Å². The summed E-state index contributed by atoms with van der Waals surface area (Å²) in [4.78, 5) is 0. The molecule has 0 aliphatic carbocycles. The second-order valence-electron chi connectivity index (χ2n) is 3.04. The predicted octanol–water partition coefficient (Wildman–Crippen LogP) is 3.32. The first-order valence-electron chi connectivity index (χ1n) is 4.14. The van der Waals surface area contributed by atoms with E-state index < -0.39 is 0 Å². The molecule has 1 nitrogen and oxygen atoms in total. The van der Waals surface area contributed by atoms with Gasteiger partial charge in [0, 0.05) is 16.4 Å². The largest absolute Gasteiger partial charge is 0.398 e. The molecule has 2 rings (SSSR count). The van der Waals surface area contributed by atoms with Gasteiger partial charge in [0.2, 0.25) is 0 Å². The lowest BCUT2D eigenvalue weighted by molar-refractivity contribution is 1.46. The fraction of sp³-hybridized carbons (Fsp3) is 0.0909. The van der Waals surface area contributed by atoms with Crippen molar-refractivity contribution in [3.63, 3.8) is 0 Å². The van der Waals surface area contributed by atoms with E-state index in [4.69, 9.17) is 5.73 Å². The van der Waals surface area contributed by atoms with Crippen LogP contribution in [0.3, 0.4) is 0 Å². The molecule has 2 N–H and O–H groups in total. The van der Waals surface area contributed by atoms with Crippen LogP contribution in [0.4, 0.5) is 5.69 Å². The van der Waals surface area contributed by atoms with Crippen molar-refractivity contribution in [3.8, 4) is 0 Å². The summed E-state index contributed by atoms with van der Waals surface area (Å²) in [6.07, 6.45) is 0. The quantitative estimate of drug-likeness (QED) is 0.596. The molecule has 0 bridgehead atoms. The van der Waals surface area contributed by atoms with Gasteiger partial charge < -0.3 is 5.73 Å². The van der Waals surface area contributed by atoms with Crippen molar-refractivity contribution >= 4 is 32.4 Å². The van der Waals surface area contributed by atoms with E-state index in [1.165, 1.54) is 10.9 Å². The van der Waals surface area contributed by atoms with Crippen LogP contribution in [0.1, 0.15) is 5.56 Å². The molecule has 0 spiro atoms. The van der Waals surface area contributed by atoms with Crippen LogP contribution in [0.25, 0.3) is 10.8 Å². The highest BCUT2D eigenvalue weighted by atomic mass is 79.9. The van der Waals surface area contributed by atoms with Crippen LogP contribution in [0.15, 0.2) is 36.4 Å². The zero-order valence-corrected chi connectivity index (χ0v) is 8.71. The number of nitrogen functional groups attached to an aromatic ring is 1. The van der Waals surface area contributed by atoms with Gasteiger partial charge in [-0.25, -0.2) is 0 Å². The summed E-state index contributed by atoms with van der Waals surface area (Å²) in [5.74, 6) is 0. The molecular formula is C11H10BrN. The second kappa shape index (κ2) is 3.38. The third kappa shape index (κ3) is 1.54. The van der Waals surface area contributed by atoms with Crippen LogP contribution < -0.4 is 5.73 Å². The van der Waals surface area contributed by atoms with Crippen molar-refractivity contribution in [1.29, 1.82) is 0 Å². The van der Waals surface area contributed by atoms with E-state index in [0.29, 0.717) is 0 Å². The van der Waals surface area contributed by atoms with Crippen molar-refractivity contribution in [2.24, 2.45) is 0 Å². The maximum Gasteiger partial charge on any atom is 0.0396 e. The van der Waals surface area contributed by atoms with Crippen molar-refractivity contribution in [2.45, 2.75) is 5.33 Å². The zero-order chi connectivity index (χ0) is 9.26. The van der Waals surface area contributed by atoms with Gasteiger partial charge in [-0.1, -0.05) is 46.3 Å². The SMILES string of the molecule is Nc1cc(CBr)cc2ccccc12. The Kier molecular flexibility index (Phi) is 2.23. The lowest BCUT2D eigenvalue weighted by Crippen LogP contribution is -1.89. The summed E-state index contributed by atoms with van der Waals surface area (Å²) in [7, 11) is 0. The third-order valence-corrected chi connectivity index (χ3v) is 2.76. The first kappa shape index (κ1) is 8.57. The maximum atomic E-state index is 5.91. The van der Waals surface area contributed by atoms with Crippen molar-refractivity contribution < 1.29 is 0 Å². The first-order valence-corrected chi connectivity index (χ1v) is 5.26. The van der Waals surface area contributed by atoms with Crippen LogP contribution in [-0.4, -0.2) is 0 Å². The van der Waals surface area contributed by atoms with Gasteiger partial charge in [-0.3, -0.25) is 0 Å². The Labute approximate surface area is 85.7 Å². The van der Waals surface area contributed by atoms with Gasteiger partial charge in [0.1, 0.15) is 0 Å². The number of rotatable bonds is 1. The van der Waals surface area contributed by atoms with Gasteiger partial charge in [-0.15, -0.1) is 0 Å². The number of hydrogen-bond donors (Lipinski definition) is 1. The van der Waals surface area contributed by atoms with Gasteiger partial charge in [0.05, 0.1) is 0 Å². The molecule has 13 heavy (non-hydrogen) atoms. The summed E-state index contributed by atoms with van der Waals surface area (Å²) < 4.78 is 0. The molecule has 0 saturated heterocycles. The average molecular weight is 236 g/mol. The van der Waals surface area contributed by atoms with Crippen LogP contribution in [0.2, 0.25) is 0 Å². The first-order chi connectivity index (χ1) is 6.31. The van der Waals surface area contributed by atoms with E-state index >= 15 is 0 Å². The van der Waals surface area contributed by atoms with Crippen molar-refractivity contribution in [1.82, 2.24) is 0 Å². The van der Waals surface area contributed by atoms with Crippen LogP contribution in [0, 0.1) is 0 Å². The summed E-state index contributed by atoms with van der Waals surface area (Å²) in [6.45, 7) is 0. The molecule has 0 unspecified atom stereocenters. The molecule has 0 aromatic heterocycles. The van der Waals surface area contributed by atoms with E-state index in [9.17, 15) is 0 Å². The van der Waals surface area contributed by atoms with E-state index in [0.717, 1.165) is 16.4 Å². The fourth-order valence-electron chi connectivity index (χ4n) is 1.48. The highest BCUT2D eigenvalue weighted by molar-refractivity contribution is 9.08. The lowest BCUT2D eigenvalue weighted by atomic mass is 10.1. The summed E-state index contributed by atoms with van der Waals surface area (Å²) >= 11 is 3.42. The number of nitrogens with two attached hydrogens (primary N) is 1. The Morgan fingerprint density at radius 2 is 1.92 bits per heavy atom. The Bertz CT molecular complexity index is 437.